The van der Waals surface area contributed by atoms with E-state index >= 15 is 0 Å². The lowest BCUT2D eigenvalue weighted by Gasteiger charge is -2.36. The largest absolute Gasteiger partial charge is 0.461 e. The van der Waals surface area contributed by atoms with E-state index in [4.69, 9.17) is 0 Å². The number of nitrogens with one attached hydrogen (secondary N) is 1. The number of hydrogen-bond donors (Lipinski definition) is 1. The molecule has 1 aromatic rings. The van der Waals surface area contributed by atoms with Crippen molar-refractivity contribution in [3.8, 4) is 5.75 Å². The van der Waals surface area contributed by atoms with Crippen molar-refractivity contribution in [3.05, 3.63) is 42.0 Å². The molecule has 1 heterocycles. The van der Waals surface area contributed by atoms with Crippen molar-refractivity contribution >= 4 is 24.8 Å². The number of nitrogens with zero attached hydrogens (tertiary/aromatic N) is 1. The Labute approximate surface area is 163 Å². The van der Waals surface area contributed by atoms with Crippen LogP contribution in [0.1, 0.15) is 24.9 Å². The highest BCUT2D eigenvalue weighted by molar-refractivity contribution is 5.85. The summed E-state index contributed by atoms with van der Waals surface area (Å²) in [4.78, 5) is 2.13. The van der Waals surface area contributed by atoms with Crippen LogP contribution in [0.3, 0.4) is 0 Å². The van der Waals surface area contributed by atoms with Gasteiger partial charge in [0.2, 0.25) is 0 Å². The van der Waals surface area contributed by atoms with Crippen molar-refractivity contribution in [3.63, 3.8) is 0 Å². The molecule has 1 aromatic carbocycles. The van der Waals surface area contributed by atoms with Crippen LogP contribution in [0, 0.1) is 0 Å². The molecule has 150 valence electrons. The molecule has 3 nitrogen and oxygen atoms in total. The van der Waals surface area contributed by atoms with Gasteiger partial charge in [-0.2, -0.15) is 17.6 Å². The zero-order valence-corrected chi connectivity index (χ0v) is 16.0. The van der Waals surface area contributed by atoms with E-state index in [-0.39, 0.29) is 36.6 Å². The van der Waals surface area contributed by atoms with E-state index in [1.807, 2.05) is 6.92 Å². The summed E-state index contributed by atoms with van der Waals surface area (Å²) >= 11 is 0. The molecule has 1 atom stereocenters. The van der Waals surface area contributed by atoms with E-state index in [0.29, 0.717) is 12.0 Å². The topological polar surface area (TPSA) is 24.5 Å². The van der Waals surface area contributed by atoms with Crippen molar-refractivity contribution in [1.29, 1.82) is 0 Å². The first-order valence-electron chi connectivity index (χ1n) is 7.84. The van der Waals surface area contributed by atoms with E-state index in [1.165, 1.54) is 12.1 Å². The molecular weight excluding hydrogens is 395 g/mol. The second kappa shape index (κ2) is 11.0. The first kappa shape index (κ1) is 25.0. The van der Waals surface area contributed by atoms with Crippen molar-refractivity contribution in [2.45, 2.75) is 31.9 Å². The van der Waals surface area contributed by atoms with Gasteiger partial charge in [0.25, 0.3) is 0 Å². The van der Waals surface area contributed by atoms with Gasteiger partial charge in [-0.1, -0.05) is 23.8 Å². The number of rotatable bonds is 7. The molecule has 9 heteroatoms. The van der Waals surface area contributed by atoms with Crippen molar-refractivity contribution < 1.29 is 22.3 Å². The molecule has 0 amide bonds. The van der Waals surface area contributed by atoms with Gasteiger partial charge in [-0.15, -0.1) is 31.4 Å². The van der Waals surface area contributed by atoms with Gasteiger partial charge in [-0.25, -0.2) is 0 Å². The zero-order chi connectivity index (χ0) is 17.7. The van der Waals surface area contributed by atoms with Crippen molar-refractivity contribution in [2.75, 3.05) is 26.2 Å². The molecule has 1 N–H and O–H groups in total. The maximum Gasteiger partial charge on any atom is 0.461 e. The average Bonchev–Trinajstić information content (AvgIpc) is 2.53. The fourth-order valence-electron chi connectivity index (χ4n) is 2.80. The van der Waals surface area contributed by atoms with Gasteiger partial charge in [-0.05, 0) is 19.4 Å². The van der Waals surface area contributed by atoms with Crippen LogP contribution in [0.5, 0.6) is 5.75 Å². The van der Waals surface area contributed by atoms with Gasteiger partial charge in [0, 0.05) is 37.8 Å². The third kappa shape index (κ3) is 6.61. The molecule has 0 unspecified atom stereocenters. The van der Waals surface area contributed by atoms with Gasteiger partial charge in [-0.3, -0.25) is 4.90 Å². The Morgan fingerprint density at radius 3 is 2.35 bits per heavy atom. The number of hydrogen-bond acceptors (Lipinski definition) is 3. The molecule has 2 rings (SSSR count). The summed E-state index contributed by atoms with van der Waals surface area (Å²) in [5.41, 5.74) is 1.36. The van der Waals surface area contributed by atoms with Crippen molar-refractivity contribution in [2.24, 2.45) is 0 Å². The third-order valence-electron chi connectivity index (χ3n) is 3.91. The minimum atomic E-state index is -4.52. The van der Waals surface area contributed by atoms with Crippen LogP contribution in [0.15, 0.2) is 36.4 Å². The highest BCUT2D eigenvalue weighted by Crippen LogP contribution is 2.37. The highest BCUT2D eigenvalue weighted by atomic mass is 35.5. The van der Waals surface area contributed by atoms with Crippen LogP contribution in [0.4, 0.5) is 17.6 Å². The Bertz CT molecular complexity index is 569. The molecule has 0 saturated carbocycles. The minimum absolute atomic E-state index is 0. The van der Waals surface area contributed by atoms with E-state index in [1.54, 1.807) is 12.1 Å². The Morgan fingerprint density at radius 2 is 1.81 bits per heavy atom. The molecule has 26 heavy (non-hydrogen) atoms. The van der Waals surface area contributed by atoms with Crippen LogP contribution in [0.25, 0.3) is 0 Å². The van der Waals surface area contributed by atoms with Crippen LogP contribution >= 0.6 is 24.8 Å². The Balaban J connectivity index is 0.00000312. The summed E-state index contributed by atoms with van der Waals surface area (Å²) in [5, 5.41) is 3.23. The van der Waals surface area contributed by atoms with E-state index < -0.39 is 12.5 Å². The average molecular weight is 419 g/mol. The number of alkyl halides is 4. The predicted molar refractivity (Wildman–Crippen MR) is 99.1 cm³/mol. The van der Waals surface area contributed by atoms with Gasteiger partial charge in [0.1, 0.15) is 5.75 Å². The first-order chi connectivity index (χ1) is 11.3. The Hall–Kier alpha value is -1.02. The standard InChI is InChI=1S/C17H22F4N2O.2ClH/c1-12(2)11-14(23-9-7-22-8-10-23)13-5-3-4-6-15(13)24-17(20,21)16(18)19;;/h3-6,14,16,22H,1,7-11H2,2H3;2*1H/t14-;;/m0../s1. The monoisotopic (exact) mass is 418 g/mol. The number of piperazine rings is 1. The summed E-state index contributed by atoms with van der Waals surface area (Å²) in [6.45, 7) is 8.78. The second-order valence-corrected chi connectivity index (χ2v) is 5.97. The Morgan fingerprint density at radius 1 is 1.23 bits per heavy atom. The Kier molecular flexibility index (Phi) is 10.5. The molecule has 0 aromatic heterocycles. The smallest absolute Gasteiger partial charge is 0.428 e. The summed E-state index contributed by atoms with van der Waals surface area (Å²) in [7, 11) is 0. The maximum absolute atomic E-state index is 13.4. The molecule has 1 aliphatic rings. The fraction of sp³-hybridized carbons (Fsp3) is 0.529. The van der Waals surface area contributed by atoms with E-state index in [2.05, 4.69) is 21.5 Å². The molecule has 1 saturated heterocycles. The molecule has 1 aliphatic heterocycles. The molecule has 0 spiro atoms. The van der Waals surface area contributed by atoms with Gasteiger partial charge in [0.15, 0.2) is 0 Å². The minimum Gasteiger partial charge on any atom is -0.428 e. The molecule has 1 fully saturated rings. The van der Waals surface area contributed by atoms with Crippen LogP contribution < -0.4 is 10.1 Å². The van der Waals surface area contributed by atoms with Gasteiger partial charge < -0.3 is 10.1 Å². The number of benzene rings is 1. The number of halogens is 6. The second-order valence-electron chi connectivity index (χ2n) is 5.97. The van der Waals surface area contributed by atoms with Crippen LogP contribution in [0.2, 0.25) is 0 Å². The lowest BCUT2D eigenvalue weighted by molar-refractivity contribution is -0.253. The molecule has 0 radical (unpaired) electrons. The zero-order valence-electron chi connectivity index (χ0n) is 14.4. The van der Waals surface area contributed by atoms with Crippen LogP contribution in [-0.2, 0) is 0 Å². The van der Waals surface area contributed by atoms with E-state index in [9.17, 15) is 17.6 Å². The summed E-state index contributed by atoms with van der Waals surface area (Å²) in [6.07, 6.45) is -7.86. The van der Waals surface area contributed by atoms with Gasteiger partial charge in [0.05, 0.1) is 0 Å². The maximum atomic E-state index is 13.4. The normalized spacial score (nSPS) is 16.4. The van der Waals surface area contributed by atoms with Gasteiger partial charge >= 0.3 is 12.5 Å². The summed E-state index contributed by atoms with van der Waals surface area (Å²) in [6, 6.07) is 5.90. The van der Waals surface area contributed by atoms with E-state index in [0.717, 1.165) is 31.8 Å². The molecule has 0 aliphatic carbocycles. The molecular formula is C17H24Cl2F4N2O. The fourth-order valence-corrected chi connectivity index (χ4v) is 2.80. The quantitative estimate of drug-likeness (QED) is 0.513. The number of ether oxygens (including phenoxy) is 1. The summed E-state index contributed by atoms with van der Waals surface area (Å²) < 4.78 is 56.1. The van der Waals surface area contributed by atoms with Crippen LogP contribution in [-0.4, -0.2) is 43.6 Å². The SMILES string of the molecule is C=C(C)C[C@@H](c1ccccc1OC(F)(F)C(F)F)N1CCNCC1.Cl.Cl. The molecule has 0 bridgehead atoms. The lowest BCUT2D eigenvalue weighted by atomic mass is 9.97. The number of para-hydroxylation sites is 1. The lowest BCUT2D eigenvalue weighted by Crippen LogP contribution is -2.45. The predicted octanol–water partition coefficient (Wildman–Crippen LogP) is 4.68. The third-order valence-corrected chi connectivity index (χ3v) is 3.91. The highest BCUT2D eigenvalue weighted by Gasteiger charge is 2.44. The van der Waals surface area contributed by atoms with Crippen molar-refractivity contribution in [1.82, 2.24) is 10.2 Å². The summed E-state index contributed by atoms with van der Waals surface area (Å²) in [5.74, 6) is -0.215. The first-order valence-corrected chi connectivity index (χ1v) is 7.84.